The van der Waals surface area contributed by atoms with Gasteiger partial charge in [0.15, 0.2) is 0 Å². The molecule has 0 saturated carbocycles. The number of hydrogen-bond acceptors (Lipinski definition) is 5. The number of hydrogen-bond donors (Lipinski definition) is 0. The lowest BCUT2D eigenvalue weighted by Crippen LogP contribution is -2.28. The van der Waals surface area contributed by atoms with Crippen LogP contribution in [0.15, 0.2) is 24.3 Å². The normalized spacial score (nSPS) is 12.4. The van der Waals surface area contributed by atoms with Gasteiger partial charge in [-0.15, -0.1) is 0 Å². The SMILES string of the molecule is C=C(C)C(=O)OCC(CSCC(C)(C)C)OC(=O)C(=C)C. The zero-order chi connectivity index (χ0) is 16.6. The minimum atomic E-state index is -0.482. The highest BCUT2D eigenvalue weighted by molar-refractivity contribution is 7.99. The Labute approximate surface area is 132 Å². The quantitative estimate of drug-likeness (QED) is 0.508. The molecular weight excluding hydrogens is 288 g/mol. The van der Waals surface area contributed by atoms with Crippen LogP contribution in [0.1, 0.15) is 34.6 Å². The summed E-state index contributed by atoms with van der Waals surface area (Å²) >= 11 is 1.66. The first-order valence-corrected chi connectivity index (χ1v) is 7.95. The van der Waals surface area contributed by atoms with Crippen LogP contribution in [-0.4, -0.2) is 36.2 Å². The van der Waals surface area contributed by atoms with Gasteiger partial charge in [0.1, 0.15) is 12.7 Å². The fraction of sp³-hybridized carbons (Fsp3) is 0.625. The highest BCUT2D eigenvalue weighted by Gasteiger charge is 2.19. The Kier molecular flexibility index (Phi) is 8.40. The van der Waals surface area contributed by atoms with E-state index < -0.39 is 18.0 Å². The standard InChI is InChI=1S/C16H26O4S/c1-11(2)14(17)19-8-13(20-15(18)12(3)4)9-21-10-16(5,6)7/h13H,1,3,8-10H2,2,4-7H3. The summed E-state index contributed by atoms with van der Waals surface area (Å²) in [6, 6.07) is 0. The third kappa shape index (κ3) is 10.2. The summed E-state index contributed by atoms with van der Waals surface area (Å²) in [6.07, 6.45) is -0.482. The number of carbonyl (C=O) groups is 2. The Balaban J connectivity index is 4.47. The van der Waals surface area contributed by atoms with Gasteiger partial charge in [0.05, 0.1) is 0 Å². The number of carbonyl (C=O) groups excluding carboxylic acids is 2. The highest BCUT2D eigenvalue weighted by Crippen LogP contribution is 2.21. The summed E-state index contributed by atoms with van der Waals surface area (Å²) in [7, 11) is 0. The van der Waals surface area contributed by atoms with Crippen molar-refractivity contribution in [2.24, 2.45) is 5.41 Å². The molecular formula is C16H26O4S. The largest absolute Gasteiger partial charge is 0.458 e. The molecule has 0 rings (SSSR count). The van der Waals surface area contributed by atoms with E-state index in [0.29, 0.717) is 16.9 Å². The highest BCUT2D eigenvalue weighted by atomic mass is 32.2. The maximum Gasteiger partial charge on any atom is 0.333 e. The van der Waals surface area contributed by atoms with Crippen molar-refractivity contribution < 1.29 is 19.1 Å². The smallest absolute Gasteiger partial charge is 0.333 e. The second-order valence-electron chi connectivity index (χ2n) is 6.26. The molecule has 0 radical (unpaired) electrons. The van der Waals surface area contributed by atoms with E-state index in [4.69, 9.17) is 9.47 Å². The Bertz CT molecular complexity index is 407. The van der Waals surface area contributed by atoms with Gasteiger partial charge in [-0.25, -0.2) is 9.59 Å². The molecule has 0 aliphatic heterocycles. The summed E-state index contributed by atoms with van der Waals surface area (Å²) in [5.74, 6) is 0.539. The van der Waals surface area contributed by atoms with Gasteiger partial charge in [-0.05, 0) is 25.0 Å². The van der Waals surface area contributed by atoms with Gasteiger partial charge in [0.2, 0.25) is 0 Å². The van der Waals surface area contributed by atoms with E-state index in [1.165, 1.54) is 0 Å². The van der Waals surface area contributed by atoms with Crippen LogP contribution in [0.5, 0.6) is 0 Å². The molecule has 0 aromatic rings. The Morgan fingerprint density at radius 3 is 2.05 bits per heavy atom. The summed E-state index contributed by atoms with van der Waals surface area (Å²) in [6.45, 7) is 16.7. The molecule has 120 valence electrons. The number of esters is 2. The zero-order valence-corrected chi connectivity index (χ0v) is 14.5. The minimum Gasteiger partial charge on any atom is -0.458 e. The van der Waals surface area contributed by atoms with Gasteiger partial charge in [0.25, 0.3) is 0 Å². The molecule has 0 spiro atoms. The van der Waals surface area contributed by atoms with Crippen LogP contribution in [0.25, 0.3) is 0 Å². The molecule has 1 atom stereocenters. The van der Waals surface area contributed by atoms with E-state index in [1.807, 2.05) is 0 Å². The summed E-state index contributed by atoms with van der Waals surface area (Å²) in [4.78, 5) is 23.0. The van der Waals surface area contributed by atoms with Crippen LogP contribution in [0.2, 0.25) is 0 Å². The van der Waals surface area contributed by atoms with Crippen LogP contribution < -0.4 is 0 Å². The van der Waals surface area contributed by atoms with Crippen molar-refractivity contribution in [1.82, 2.24) is 0 Å². The third-order valence-corrected chi connectivity index (χ3v) is 3.89. The Hall–Kier alpha value is -1.23. The molecule has 1 unspecified atom stereocenters. The Morgan fingerprint density at radius 1 is 1.10 bits per heavy atom. The van der Waals surface area contributed by atoms with Crippen molar-refractivity contribution in [2.45, 2.75) is 40.7 Å². The Morgan fingerprint density at radius 2 is 1.62 bits per heavy atom. The van der Waals surface area contributed by atoms with Crippen LogP contribution in [0.3, 0.4) is 0 Å². The first kappa shape index (κ1) is 19.8. The van der Waals surface area contributed by atoms with Crippen molar-refractivity contribution in [2.75, 3.05) is 18.1 Å². The average molecular weight is 314 g/mol. The van der Waals surface area contributed by atoms with Gasteiger partial charge in [-0.2, -0.15) is 11.8 Å². The molecule has 0 saturated heterocycles. The fourth-order valence-corrected chi connectivity index (χ4v) is 2.31. The van der Waals surface area contributed by atoms with E-state index >= 15 is 0 Å². The number of ether oxygens (including phenoxy) is 2. The lowest BCUT2D eigenvalue weighted by molar-refractivity contribution is -0.152. The second kappa shape index (κ2) is 8.93. The average Bonchev–Trinajstić information content (AvgIpc) is 2.33. The molecule has 4 nitrogen and oxygen atoms in total. The van der Waals surface area contributed by atoms with E-state index in [1.54, 1.807) is 25.6 Å². The van der Waals surface area contributed by atoms with Gasteiger partial charge in [0, 0.05) is 16.9 Å². The lowest BCUT2D eigenvalue weighted by atomic mass is 10.0. The molecule has 0 aliphatic carbocycles. The fourth-order valence-electron chi connectivity index (χ4n) is 1.16. The van der Waals surface area contributed by atoms with Gasteiger partial charge < -0.3 is 9.47 Å². The molecule has 0 heterocycles. The minimum absolute atomic E-state index is 0.0296. The summed E-state index contributed by atoms with van der Waals surface area (Å²) < 4.78 is 10.4. The molecule has 0 aliphatic rings. The first-order valence-electron chi connectivity index (χ1n) is 6.80. The monoisotopic (exact) mass is 314 g/mol. The lowest BCUT2D eigenvalue weighted by Gasteiger charge is -2.21. The number of rotatable bonds is 8. The van der Waals surface area contributed by atoms with Gasteiger partial charge >= 0.3 is 11.9 Å². The predicted molar refractivity (Wildman–Crippen MR) is 87.2 cm³/mol. The van der Waals surface area contributed by atoms with Crippen molar-refractivity contribution in [3.8, 4) is 0 Å². The zero-order valence-electron chi connectivity index (χ0n) is 13.7. The molecule has 0 N–H and O–H groups in total. The van der Waals surface area contributed by atoms with E-state index in [9.17, 15) is 9.59 Å². The van der Waals surface area contributed by atoms with Gasteiger partial charge in [-0.3, -0.25) is 0 Å². The van der Waals surface area contributed by atoms with Crippen LogP contribution in [0.4, 0.5) is 0 Å². The summed E-state index contributed by atoms with van der Waals surface area (Å²) in [5.41, 5.74) is 0.830. The predicted octanol–water partition coefficient (Wildman–Crippen LogP) is 3.37. The van der Waals surface area contributed by atoms with Gasteiger partial charge in [-0.1, -0.05) is 33.9 Å². The van der Waals surface area contributed by atoms with Crippen LogP contribution >= 0.6 is 11.8 Å². The molecule has 0 fully saturated rings. The second-order valence-corrected chi connectivity index (χ2v) is 7.29. The molecule has 0 bridgehead atoms. The topological polar surface area (TPSA) is 52.6 Å². The number of thioether (sulfide) groups is 1. The third-order valence-electron chi connectivity index (χ3n) is 2.21. The van der Waals surface area contributed by atoms with Crippen LogP contribution in [0, 0.1) is 5.41 Å². The van der Waals surface area contributed by atoms with Crippen molar-refractivity contribution in [3.05, 3.63) is 24.3 Å². The first-order chi connectivity index (χ1) is 9.53. The van der Waals surface area contributed by atoms with Crippen molar-refractivity contribution >= 4 is 23.7 Å². The maximum atomic E-state index is 11.6. The van der Waals surface area contributed by atoms with E-state index in [2.05, 4.69) is 33.9 Å². The molecule has 0 aromatic heterocycles. The van der Waals surface area contributed by atoms with Crippen LogP contribution in [-0.2, 0) is 19.1 Å². The summed E-state index contributed by atoms with van der Waals surface area (Å²) in [5, 5.41) is 0. The maximum absolute atomic E-state index is 11.6. The van der Waals surface area contributed by atoms with Crippen molar-refractivity contribution in [1.29, 1.82) is 0 Å². The molecule has 0 aromatic carbocycles. The molecule has 5 heteroatoms. The van der Waals surface area contributed by atoms with E-state index in [-0.39, 0.29) is 12.0 Å². The van der Waals surface area contributed by atoms with Crippen molar-refractivity contribution in [3.63, 3.8) is 0 Å². The van der Waals surface area contributed by atoms with E-state index in [0.717, 1.165) is 5.75 Å². The molecule has 21 heavy (non-hydrogen) atoms. The molecule has 0 amide bonds.